The van der Waals surface area contributed by atoms with Gasteiger partial charge in [-0.3, -0.25) is 24.5 Å². The van der Waals surface area contributed by atoms with Gasteiger partial charge in [0.2, 0.25) is 17.7 Å². The molecule has 1 atom stereocenters. The monoisotopic (exact) mass is 275 g/mol. The minimum atomic E-state index is -0.791. The molecule has 2 rings (SSSR count). The highest BCUT2D eigenvalue weighted by Crippen LogP contribution is 2.10. The third-order valence-corrected chi connectivity index (χ3v) is 2.98. The number of benzene rings is 1. The van der Waals surface area contributed by atoms with Gasteiger partial charge in [-0.15, -0.1) is 0 Å². The van der Waals surface area contributed by atoms with Crippen LogP contribution in [0, 0.1) is 0 Å². The molecule has 1 heterocycles. The highest BCUT2D eigenvalue weighted by Gasteiger charge is 2.28. The Morgan fingerprint density at radius 3 is 2.45 bits per heavy atom. The Kier molecular flexibility index (Phi) is 3.79. The number of nitrogens with two attached hydrogens (primary N) is 1. The van der Waals surface area contributed by atoms with E-state index in [4.69, 9.17) is 5.73 Å². The number of rotatable bonds is 3. The van der Waals surface area contributed by atoms with Gasteiger partial charge < -0.3 is 11.1 Å². The van der Waals surface area contributed by atoms with Crippen LogP contribution in [0.25, 0.3) is 0 Å². The molecule has 7 nitrogen and oxygen atoms in total. The average Bonchev–Trinajstić information content (AvgIpc) is 2.41. The number of imide groups is 1. The van der Waals surface area contributed by atoms with E-state index < -0.39 is 23.8 Å². The van der Waals surface area contributed by atoms with Gasteiger partial charge in [-0.2, -0.15) is 0 Å². The lowest BCUT2D eigenvalue weighted by molar-refractivity contribution is -0.134. The van der Waals surface area contributed by atoms with Crippen molar-refractivity contribution in [3.63, 3.8) is 0 Å². The summed E-state index contributed by atoms with van der Waals surface area (Å²) in [7, 11) is 0. The van der Waals surface area contributed by atoms with Gasteiger partial charge in [0.15, 0.2) is 0 Å². The molecule has 0 aliphatic carbocycles. The molecular weight excluding hydrogens is 262 g/mol. The molecule has 0 radical (unpaired) electrons. The van der Waals surface area contributed by atoms with E-state index in [9.17, 15) is 19.2 Å². The first-order valence-corrected chi connectivity index (χ1v) is 6.02. The first-order valence-electron chi connectivity index (χ1n) is 6.02. The van der Waals surface area contributed by atoms with Gasteiger partial charge >= 0.3 is 0 Å². The predicted molar refractivity (Wildman–Crippen MR) is 68.6 cm³/mol. The molecule has 1 aromatic rings. The summed E-state index contributed by atoms with van der Waals surface area (Å²) >= 11 is 0. The molecule has 0 spiro atoms. The maximum Gasteiger partial charge on any atom is 0.252 e. The van der Waals surface area contributed by atoms with Crippen molar-refractivity contribution in [1.82, 2.24) is 10.6 Å². The second kappa shape index (κ2) is 5.52. The van der Waals surface area contributed by atoms with Crippen LogP contribution in [0.4, 0.5) is 0 Å². The summed E-state index contributed by atoms with van der Waals surface area (Å²) in [5, 5.41) is 4.63. The highest BCUT2D eigenvalue weighted by molar-refractivity contribution is 6.08. The average molecular weight is 275 g/mol. The Labute approximate surface area is 114 Å². The van der Waals surface area contributed by atoms with Gasteiger partial charge in [0.05, 0.1) is 11.1 Å². The van der Waals surface area contributed by atoms with Crippen molar-refractivity contribution < 1.29 is 19.2 Å². The summed E-state index contributed by atoms with van der Waals surface area (Å²) in [5.74, 6) is -2.21. The normalized spacial score (nSPS) is 18.3. The van der Waals surface area contributed by atoms with Crippen molar-refractivity contribution in [2.24, 2.45) is 5.73 Å². The zero-order chi connectivity index (χ0) is 14.7. The standard InChI is InChI=1S/C13H13N3O4/c14-11(18)7-3-1-2-4-8(7)12(19)15-9-5-6-10(17)16-13(9)20/h1-4,9H,5-6H2,(H2,14,18)(H,15,19)(H,16,17,20). The summed E-state index contributed by atoms with van der Waals surface area (Å²) in [6, 6.07) is 5.26. The number of amides is 4. The zero-order valence-electron chi connectivity index (χ0n) is 10.5. The molecule has 20 heavy (non-hydrogen) atoms. The Morgan fingerprint density at radius 2 is 1.85 bits per heavy atom. The van der Waals surface area contributed by atoms with Crippen LogP contribution in [0.3, 0.4) is 0 Å². The molecule has 1 unspecified atom stereocenters. The van der Waals surface area contributed by atoms with Gasteiger partial charge in [-0.25, -0.2) is 0 Å². The van der Waals surface area contributed by atoms with Crippen molar-refractivity contribution in [3.8, 4) is 0 Å². The zero-order valence-corrected chi connectivity index (χ0v) is 10.5. The minimum absolute atomic E-state index is 0.0808. The maximum atomic E-state index is 12.1. The van der Waals surface area contributed by atoms with E-state index in [1.165, 1.54) is 12.1 Å². The Balaban J connectivity index is 2.15. The highest BCUT2D eigenvalue weighted by atomic mass is 16.2. The lowest BCUT2D eigenvalue weighted by Crippen LogP contribution is -2.52. The lowest BCUT2D eigenvalue weighted by atomic mass is 10.0. The summed E-state index contributed by atoms with van der Waals surface area (Å²) in [4.78, 5) is 45.9. The van der Waals surface area contributed by atoms with Crippen LogP contribution in [0.1, 0.15) is 33.6 Å². The van der Waals surface area contributed by atoms with Crippen molar-refractivity contribution in [2.45, 2.75) is 18.9 Å². The maximum absolute atomic E-state index is 12.1. The van der Waals surface area contributed by atoms with E-state index in [-0.39, 0.29) is 29.9 Å². The smallest absolute Gasteiger partial charge is 0.252 e. The predicted octanol–water partition coefficient (Wildman–Crippen LogP) is -0.679. The third-order valence-electron chi connectivity index (χ3n) is 2.98. The quantitative estimate of drug-likeness (QED) is 0.633. The number of hydrogen-bond acceptors (Lipinski definition) is 4. The number of primary amides is 1. The Morgan fingerprint density at radius 1 is 1.20 bits per heavy atom. The fraction of sp³-hybridized carbons (Fsp3) is 0.231. The number of hydrogen-bond donors (Lipinski definition) is 3. The Hall–Kier alpha value is -2.70. The molecular formula is C13H13N3O4. The molecule has 1 aliphatic heterocycles. The van der Waals surface area contributed by atoms with E-state index in [2.05, 4.69) is 10.6 Å². The summed E-state index contributed by atoms with van der Waals surface area (Å²) < 4.78 is 0. The molecule has 7 heteroatoms. The van der Waals surface area contributed by atoms with Crippen molar-refractivity contribution in [1.29, 1.82) is 0 Å². The van der Waals surface area contributed by atoms with Gasteiger partial charge in [0.25, 0.3) is 5.91 Å². The summed E-state index contributed by atoms with van der Waals surface area (Å²) in [6.07, 6.45) is 0.392. The van der Waals surface area contributed by atoms with Gasteiger partial charge in [0, 0.05) is 6.42 Å². The van der Waals surface area contributed by atoms with Crippen LogP contribution in [0.2, 0.25) is 0 Å². The van der Waals surface area contributed by atoms with E-state index in [1.807, 2.05) is 0 Å². The van der Waals surface area contributed by atoms with Gasteiger partial charge in [0.1, 0.15) is 6.04 Å². The number of nitrogens with one attached hydrogen (secondary N) is 2. The van der Waals surface area contributed by atoms with E-state index in [1.54, 1.807) is 12.1 Å². The fourth-order valence-electron chi connectivity index (χ4n) is 1.96. The molecule has 4 amide bonds. The molecule has 0 bridgehead atoms. The van der Waals surface area contributed by atoms with Crippen LogP contribution in [0.5, 0.6) is 0 Å². The van der Waals surface area contributed by atoms with Gasteiger partial charge in [-0.1, -0.05) is 12.1 Å². The van der Waals surface area contributed by atoms with Crippen LogP contribution >= 0.6 is 0 Å². The van der Waals surface area contributed by atoms with E-state index >= 15 is 0 Å². The van der Waals surface area contributed by atoms with E-state index in [0.717, 1.165) is 0 Å². The number of carbonyl (C=O) groups is 4. The van der Waals surface area contributed by atoms with Crippen molar-refractivity contribution >= 4 is 23.6 Å². The molecule has 1 fully saturated rings. The second-order valence-electron chi connectivity index (χ2n) is 4.39. The largest absolute Gasteiger partial charge is 0.366 e. The van der Waals surface area contributed by atoms with E-state index in [0.29, 0.717) is 0 Å². The third kappa shape index (κ3) is 2.82. The first kappa shape index (κ1) is 13.7. The molecule has 1 aliphatic rings. The Bertz CT molecular complexity index is 597. The van der Waals surface area contributed by atoms with Gasteiger partial charge in [-0.05, 0) is 18.6 Å². The summed E-state index contributed by atoms with van der Waals surface area (Å²) in [5.41, 5.74) is 5.37. The van der Waals surface area contributed by atoms with Crippen molar-refractivity contribution in [2.75, 3.05) is 0 Å². The molecule has 0 aromatic heterocycles. The summed E-state index contributed by atoms with van der Waals surface area (Å²) in [6.45, 7) is 0. The van der Waals surface area contributed by atoms with Crippen LogP contribution in [0.15, 0.2) is 24.3 Å². The molecule has 4 N–H and O–H groups in total. The number of carbonyl (C=O) groups excluding carboxylic acids is 4. The molecule has 1 saturated heterocycles. The van der Waals surface area contributed by atoms with Crippen LogP contribution < -0.4 is 16.4 Å². The molecule has 104 valence electrons. The second-order valence-corrected chi connectivity index (χ2v) is 4.39. The van der Waals surface area contributed by atoms with Crippen LogP contribution in [-0.2, 0) is 9.59 Å². The fourth-order valence-corrected chi connectivity index (χ4v) is 1.96. The SMILES string of the molecule is NC(=O)c1ccccc1C(=O)NC1CCC(=O)NC1=O. The lowest BCUT2D eigenvalue weighted by Gasteiger charge is -2.22. The topological polar surface area (TPSA) is 118 Å². The molecule has 0 saturated carbocycles. The molecule has 1 aromatic carbocycles. The van der Waals surface area contributed by atoms with Crippen LogP contribution in [-0.4, -0.2) is 29.7 Å². The number of piperidine rings is 1. The minimum Gasteiger partial charge on any atom is -0.366 e. The van der Waals surface area contributed by atoms with Crippen molar-refractivity contribution in [3.05, 3.63) is 35.4 Å². The first-order chi connectivity index (χ1) is 9.49.